The van der Waals surface area contributed by atoms with Gasteiger partial charge in [0, 0.05) is 13.1 Å². The monoisotopic (exact) mass is 240 g/mol. The van der Waals surface area contributed by atoms with Gasteiger partial charge < -0.3 is 15.4 Å². The molecule has 0 aliphatic heterocycles. The van der Waals surface area contributed by atoms with Crippen molar-refractivity contribution < 1.29 is 9.53 Å². The Labute approximate surface area is 103 Å². The molecule has 0 aromatic rings. The molecule has 98 valence electrons. The van der Waals surface area contributed by atoms with Gasteiger partial charge in [-0.1, -0.05) is 12.8 Å². The second kappa shape index (κ2) is 5.83. The van der Waals surface area contributed by atoms with Crippen molar-refractivity contribution in [1.29, 1.82) is 0 Å². The van der Waals surface area contributed by atoms with Crippen molar-refractivity contribution in [2.24, 2.45) is 11.7 Å². The maximum atomic E-state index is 11.8. The molecule has 0 aromatic heterocycles. The summed E-state index contributed by atoms with van der Waals surface area (Å²) in [5.74, 6) is 0.566. The molecule has 2 aliphatic carbocycles. The molecule has 1 amide bonds. The van der Waals surface area contributed by atoms with E-state index in [4.69, 9.17) is 10.5 Å². The average molecular weight is 240 g/mol. The van der Waals surface area contributed by atoms with Gasteiger partial charge in [-0.3, -0.25) is 4.79 Å². The third kappa shape index (κ3) is 3.42. The van der Waals surface area contributed by atoms with Gasteiger partial charge in [-0.15, -0.1) is 0 Å². The van der Waals surface area contributed by atoms with E-state index in [2.05, 4.69) is 0 Å². The van der Waals surface area contributed by atoms with Crippen molar-refractivity contribution in [2.45, 2.75) is 50.7 Å². The summed E-state index contributed by atoms with van der Waals surface area (Å²) in [4.78, 5) is 13.7. The van der Waals surface area contributed by atoms with E-state index >= 15 is 0 Å². The van der Waals surface area contributed by atoms with E-state index in [9.17, 15) is 4.79 Å². The standard InChI is InChI=1S/C13H24N2O2/c1-15(11-6-7-11)13(16)9-17-12-5-3-2-4-10(12)8-14/h10-12H,2-9,14H2,1H3. The molecule has 0 aromatic carbocycles. The van der Waals surface area contributed by atoms with Gasteiger partial charge in [0.05, 0.1) is 6.10 Å². The Balaban J connectivity index is 1.73. The number of carbonyl (C=O) groups is 1. The minimum absolute atomic E-state index is 0.119. The van der Waals surface area contributed by atoms with Crippen molar-refractivity contribution in [3.63, 3.8) is 0 Å². The smallest absolute Gasteiger partial charge is 0.248 e. The lowest BCUT2D eigenvalue weighted by Gasteiger charge is -2.30. The Bertz CT molecular complexity index is 266. The molecular weight excluding hydrogens is 216 g/mol. The Kier molecular flexibility index (Phi) is 4.40. The van der Waals surface area contributed by atoms with Crippen molar-refractivity contribution in [1.82, 2.24) is 4.90 Å². The lowest BCUT2D eigenvalue weighted by atomic mass is 9.86. The van der Waals surface area contributed by atoms with Crippen LogP contribution >= 0.6 is 0 Å². The van der Waals surface area contributed by atoms with Gasteiger partial charge in [-0.2, -0.15) is 0 Å². The highest BCUT2D eigenvalue weighted by Crippen LogP contribution is 2.27. The number of hydrogen-bond donors (Lipinski definition) is 1. The Morgan fingerprint density at radius 2 is 2.00 bits per heavy atom. The SMILES string of the molecule is CN(C(=O)COC1CCCCC1CN)C1CC1. The van der Waals surface area contributed by atoms with E-state index in [0.29, 0.717) is 18.5 Å². The normalized spacial score (nSPS) is 29.1. The van der Waals surface area contributed by atoms with Crippen LogP contribution in [0.15, 0.2) is 0 Å². The fraction of sp³-hybridized carbons (Fsp3) is 0.923. The van der Waals surface area contributed by atoms with Crippen LogP contribution in [0, 0.1) is 5.92 Å². The van der Waals surface area contributed by atoms with E-state index in [1.54, 1.807) is 0 Å². The molecule has 2 atom stereocenters. The van der Waals surface area contributed by atoms with Crippen LogP contribution in [0.2, 0.25) is 0 Å². The van der Waals surface area contributed by atoms with Crippen LogP contribution in [-0.4, -0.2) is 43.2 Å². The predicted octanol–water partition coefficient (Wildman–Crippen LogP) is 1.14. The number of nitrogens with zero attached hydrogens (tertiary/aromatic N) is 1. The van der Waals surface area contributed by atoms with Gasteiger partial charge in [0.1, 0.15) is 6.61 Å². The Morgan fingerprint density at radius 3 is 2.65 bits per heavy atom. The van der Waals surface area contributed by atoms with Gasteiger partial charge in [-0.05, 0) is 38.1 Å². The molecular formula is C13H24N2O2. The van der Waals surface area contributed by atoms with Crippen LogP contribution in [0.4, 0.5) is 0 Å². The molecule has 0 spiro atoms. The van der Waals surface area contributed by atoms with E-state index in [-0.39, 0.29) is 18.6 Å². The summed E-state index contributed by atoms with van der Waals surface area (Å²) in [6.07, 6.45) is 7.15. The number of ether oxygens (including phenoxy) is 1. The minimum atomic E-state index is 0.119. The molecule has 4 heteroatoms. The topological polar surface area (TPSA) is 55.6 Å². The van der Waals surface area contributed by atoms with Gasteiger partial charge in [0.2, 0.25) is 5.91 Å². The fourth-order valence-electron chi connectivity index (χ4n) is 2.61. The van der Waals surface area contributed by atoms with E-state index < -0.39 is 0 Å². The number of likely N-dealkylation sites (N-methyl/N-ethyl adjacent to an activating group) is 1. The zero-order valence-electron chi connectivity index (χ0n) is 10.7. The molecule has 2 unspecified atom stereocenters. The molecule has 0 radical (unpaired) electrons. The van der Waals surface area contributed by atoms with Crippen molar-refractivity contribution >= 4 is 5.91 Å². The highest BCUT2D eigenvalue weighted by molar-refractivity contribution is 5.77. The van der Waals surface area contributed by atoms with Crippen LogP contribution in [0.5, 0.6) is 0 Å². The lowest BCUT2D eigenvalue weighted by molar-refractivity contribution is -0.139. The number of carbonyl (C=O) groups excluding carboxylic acids is 1. The van der Waals surface area contributed by atoms with Crippen molar-refractivity contribution in [3.05, 3.63) is 0 Å². The highest BCUT2D eigenvalue weighted by Gasteiger charge is 2.31. The summed E-state index contributed by atoms with van der Waals surface area (Å²) in [5, 5.41) is 0. The molecule has 4 nitrogen and oxygen atoms in total. The lowest BCUT2D eigenvalue weighted by Crippen LogP contribution is -2.38. The van der Waals surface area contributed by atoms with Crippen LogP contribution < -0.4 is 5.73 Å². The first-order valence-electron chi connectivity index (χ1n) is 6.79. The first-order valence-corrected chi connectivity index (χ1v) is 6.79. The zero-order valence-corrected chi connectivity index (χ0v) is 10.7. The minimum Gasteiger partial charge on any atom is -0.368 e. The number of amides is 1. The summed E-state index contributed by atoms with van der Waals surface area (Å²) >= 11 is 0. The summed E-state index contributed by atoms with van der Waals surface area (Å²) in [6.45, 7) is 0.908. The maximum absolute atomic E-state index is 11.8. The summed E-state index contributed by atoms with van der Waals surface area (Å²) in [5.41, 5.74) is 5.74. The first kappa shape index (κ1) is 12.8. The van der Waals surface area contributed by atoms with Crippen molar-refractivity contribution in [3.8, 4) is 0 Å². The summed E-state index contributed by atoms with van der Waals surface area (Å²) < 4.78 is 5.78. The number of nitrogens with two attached hydrogens (primary N) is 1. The van der Waals surface area contributed by atoms with Gasteiger partial charge in [0.15, 0.2) is 0 Å². The first-order chi connectivity index (χ1) is 8.22. The van der Waals surface area contributed by atoms with E-state index in [1.807, 2.05) is 11.9 Å². The second-order valence-corrected chi connectivity index (χ2v) is 5.37. The molecule has 2 aliphatic rings. The zero-order chi connectivity index (χ0) is 12.3. The molecule has 2 N–H and O–H groups in total. The summed E-state index contributed by atoms with van der Waals surface area (Å²) in [6, 6.07) is 0.475. The van der Waals surface area contributed by atoms with Crippen LogP contribution in [0.25, 0.3) is 0 Å². The maximum Gasteiger partial charge on any atom is 0.248 e. The average Bonchev–Trinajstić information content (AvgIpc) is 3.19. The fourth-order valence-corrected chi connectivity index (χ4v) is 2.61. The molecule has 2 saturated carbocycles. The van der Waals surface area contributed by atoms with Crippen LogP contribution in [0.1, 0.15) is 38.5 Å². The third-order valence-electron chi connectivity index (χ3n) is 4.05. The van der Waals surface area contributed by atoms with Crippen LogP contribution in [-0.2, 0) is 9.53 Å². The van der Waals surface area contributed by atoms with E-state index in [1.165, 1.54) is 12.8 Å². The molecule has 0 heterocycles. The predicted molar refractivity (Wildman–Crippen MR) is 66.5 cm³/mol. The van der Waals surface area contributed by atoms with Gasteiger partial charge in [-0.25, -0.2) is 0 Å². The van der Waals surface area contributed by atoms with Crippen LogP contribution in [0.3, 0.4) is 0 Å². The third-order valence-corrected chi connectivity index (χ3v) is 4.05. The van der Waals surface area contributed by atoms with Gasteiger partial charge in [0.25, 0.3) is 0 Å². The van der Waals surface area contributed by atoms with Crippen molar-refractivity contribution in [2.75, 3.05) is 20.2 Å². The molecule has 0 saturated heterocycles. The largest absolute Gasteiger partial charge is 0.368 e. The highest BCUT2D eigenvalue weighted by atomic mass is 16.5. The Morgan fingerprint density at radius 1 is 1.29 bits per heavy atom. The molecule has 2 rings (SSSR count). The summed E-state index contributed by atoms with van der Waals surface area (Å²) in [7, 11) is 1.88. The van der Waals surface area contributed by atoms with E-state index in [0.717, 1.165) is 25.7 Å². The number of hydrogen-bond acceptors (Lipinski definition) is 3. The molecule has 17 heavy (non-hydrogen) atoms. The second-order valence-electron chi connectivity index (χ2n) is 5.37. The molecule has 2 fully saturated rings. The quantitative estimate of drug-likeness (QED) is 0.784. The van der Waals surface area contributed by atoms with Gasteiger partial charge >= 0.3 is 0 Å². The molecule has 0 bridgehead atoms. The Hall–Kier alpha value is -0.610. The number of rotatable bonds is 5.